The second-order valence-corrected chi connectivity index (χ2v) is 4.90. The van der Waals surface area contributed by atoms with Gasteiger partial charge in [0.05, 0.1) is 6.61 Å². The van der Waals surface area contributed by atoms with E-state index in [9.17, 15) is 19.5 Å². The zero-order chi connectivity index (χ0) is 17.6. The number of aliphatic hydroxyl groups is 2. The molecule has 130 valence electrons. The molecule has 0 amide bonds. The number of carbonyl (C=O) groups is 3. The molecule has 23 heavy (non-hydrogen) atoms. The topological polar surface area (TPSA) is 201 Å². The first-order valence-electron chi connectivity index (χ1n) is 6.83. The molecule has 1 fully saturated rings. The van der Waals surface area contributed by atoms with Crippen molar-refractivity contribution in [3.63, 3.8) is 0 Å². The molecular formula is C12H20N4O7. The largest absolute Gasteiger partial charge is 0.449 e. The molecule has 8 N–H and O–H groups in total. The van der Waals surface area contributed by atoms with Crippen LogP contribution in [0.15, 0.2) is 4.99 Å². The van der Waals surface area contributed by atoms with Crippen LogP contribution in [0.5, 0.6) is 0 Å². The van der Waals surface area contributed by atoms with Gasteiger partial charge in [-0.15, -0.1) is 0 Å². The summed E-state index contributed by atoms with van der Waals surface area (Å²) < 4.78 is 9.44. The van der Waals surface area contributed by atoms with E-state index in [1.54, 1.807) is 0 Å². The van der Waals surface area contributed by atoms with Crippen molar-refractivity contribution in [2.24, 2.45) is 22.2 Å². The predicted octanol–water partition coefficient (Wildman–Crippen LogP) is -3.87. The average molecular weight is 332 g/mol. The molecule has 1 saturated heterocycles. The second kappa shape index (κ2) is 8.41. The summed E-state index contributed by atoms with van der Waals surface area (Å²) >= 11 is 0. The molecule has 0 bridgehead atoms. The molecule has 1 aliphatic heterocycles. The zero-order valence-electron chi connectivity index (χ0n) is 12.3. The molecule has 4 atom stereocenters. The highest BCUT2D eigenvalue weighted by Gasteiger charge is 2.49. The van der Waals surface area contributed by atoms with Gasteiger partial charge in [0.1, 0.15) is 12.1 Å². The van der Waals surface area contributed by atoms with E-state index in [2.05, 4.69) is 9.73 Å². The van der Waals surface area contributed by atoms with Gasteiger partial charge in [0, 0.05) is 6.54 Å². The van der Waals surface area contributed by atoms with Gasteiger partial charge < -0.3 is 36.9 Å². The fourth-order valence-corrected chi connectivity index (χ4v) is 1.86. The summed E-state index contributed by atoms with van der Waals surface area (Å²) in [6.07, 6.45) is -4.08. The van der Waals surface area contributed by atoms with Gasteiger partial charge in [-0.25, -0.2) is 4.79 Å². The molecule has 1 aliphatic rings. The monoisotopic (exact) mass is 332 g/mol. The summed E-state index contributed by atoms with van der Waals surface area (Å²) in [7, 11) is 0. The van der Waals surface area contributed by atoms with E-state index < -0.39 is 48.7 Å². The van der Waals surface area contributed by atoms with Crippen molar-refractivity contribution in [3.8, 4) is 0 Å². The molecule has 0 aromatic heterocycles. The number of hydrogen-bond donors (Lipinski definition) is 5. The molecule has 11 nitrogen and oxygen atoms in total. The number of ketones is 1. The quantitative estimate of drug-likeness (QED) is 0.0962. The molecule has 0 radical (unpaired) electrons. The molecule has 0 saturated carbocycles. The Kier molecular flexibility index (Phi) is 6.88. The van der Waals surface area contributed by atoms with Gasteiger partial charge in [0.15, 0.2) is 12.1 Å². The van der Waals surface area contributed by atoms with Crippen LogP contribution in [0.25, 0.3) is 0 Å². The fourth-order valence-electron chi connectivity index (χ4n) is 1.86. The van der Waals surface area contributed by atoms with Crippen LogP contribution in [-0.4, -0.2) is 71.4 Å². The van der Waals surface area contributed by atoms with Crippen LogP contribution in [0.4, 0.5) is 0 Å². The van der Waals surface area contributed by atoms with Crippen LogP contribution in [-0.2, 0) is 23.9 Å². The van der Waals surface area contributed by atoms with Crippen molar-refractivity contribution in [2.75, 3.05) is 13.2 Å². The molecule has 0 aromatic rings. The Bertz CT molecular complexity index is 492. The van der Waals surface area contributed by atoms with E-state index >= 15 is 0 Å². The maximum atomic E-state index is 11.8. The average Bonchev–Trinajstić information content (AvgIpc) is 2.78. The van der Waals surface area contributed by atoms with Gasteiger partial charge in [-0.2, -0.15) is 0 Å². The summed E-state index contributed by atoms with van der Waals surface area (Å²) in [6.45, 7) is -0.511. The Morgan fingerprint density at radius 2 is 2.04 bits per heavy atom. The van der Waals surface area contributed by atoms with Crippen molar-refractivity contribution in [1.82, 2.24) is 0 Å². The predicted molar refractivity (Wildman–Crippen MR) is 75.7 cm³/mol. The number of guanidine groups is 1. The lowest BCUT2D eigenvalue weighted by molar-refractivity contribution is -0.162. The Balaban J connectivity index is 2.58. The summed E-state index contributed by atoms with van der Waals surface area (Å²) in [5, 5.41) is 18.4. The van der Waals surface area contributed by atoms with Gasteiger partial charge in [-0.3, -0.25) is 14.6 Å². The highest BCUT2D eigenvalue weighted by atomic mass is 16.6. The van der Waals surface area contributed by atoms with E-state index in [-0.39, 0.29) is 18.9 Å². The number of nitrogens with two attached hydrogens (primary N) is 3. The minimum atomic E-state index is -1.64. The SMILES string of the molecule is NC(N)=NCCC[C@H](N)C(=O)OC1C(=O)C(=O)O[C@@H]1[C@@H](O)CO. The fraction of sp³-hybridized carbons (Fsp3) is 0.667. The third kappa shape index (κ3) is 5.16. The van der Waals surface area contributed by atoms with Crippen LogP contribution in [0, 0.1) is 0 Å². The third-order valence-corrected chi connectivity index (χ3v) is 3.08. The lowest BCUT2D eigenvalue weighted by Gasteiger charge is -2.21. The number of aliphatic imine (C=N–C) groups is 1. The van der Waals surface area contributed by atoms with Gasteiger partial charge in [0.2, 0.25) is 6.10 Å². The van der Waals surface area contributed by atoms with Crippen LogP contribution in [0.3, 0.4) is 0 Å². The lowest BCUT2D eigenvalue weighted by atomic mass is 10.1. The van der Waals surface area contributed by atoms with E-state index in [1.165, 1.54) is 0 Å². The van der Waals surface area contributed by atoms with Crippen molar-refractivity contribution >= 4 is 23.7 Å². The van der Waals surface area contributed by atoms with Crippen molar-refractivity contribution in [3.05, 3.63) is 0 Å². The van der Waals surface area contributed by atoms with Crippen molar-refractivity contribution < 1.29 is 34.1 Å². The van der Waals surface area contributed by atoms with Crippen LogP contribution in [0.2, 0.25) is 0 Å². The number of rotatable bonds is 8. The number of hydrogen-bond acceptors (Lipinski definition) is 9. The van der Waals surface area contributed by atoms with E-state index in [0.717, 1.165) is 0 Å². The summed E-state index contributed by atoms with van der Waals surface area (Å²) in [5.41, 5.74) is 15.9. The zero-order valence-corrected chi connectivity index (χ0v) is 12.3. The summed E-state index contributed by atoms with van der Waals surface area (Å²) in [5.74, 6) is -3.40. The second-order valence-electron chi connectivity index (χ2n) is 4.90. The summed E-state index contributed by atoms with van der Waals surface area (Å²) in [4.78, 5) is 38.4. The van der Waals surface area contributed by atoms with Gasteiger partial charge in [-0.05, 0) is 12.8 Å². The molecule has 0 spiro atoms. The normalized spacial score (nSPS) is 23.1. The van der Waals surface area contributed by atoms with E-state index in [1.807, 2.05) is 0 Å². The summed E-state index contributed by atoms with van der Waals surface area (Å²) in [6, 6.07) is -1.07. The maximum Gasteiger partial charge on any atom is 0.379 e. The molecule has 0 aliphatic carbocycles. The molecular weight excluding hydrogens is 312 g/mol. The highest BCUT2D eigenvalue weighted by Crippen LogP contribution is 2.19. The number of Topliss-reactive ketones (excluding diaryl/α,β-unsaturated/α-hetero) is 1. The number of carbonyl (C=O) groups excluding carboxylic acids is 3. The number of cyclic esters (lactones) is 1. The first kappa shape index (κ1) is 18.8. The van der Waals surface area contributed by atoms with Gasteiger partial charge >= 0.3 is 11.9 Å². The molecule has 1 unspecified atom stereocenters. The lowest BCUT2D eigenvalue weighted by Crippen LogP contribution is -2.45. The van der Waals surface area contributed by atoms with E-state index in [4.69, 9.17) is 27.0 Å². The Morgan fingerprint density at radius 1 is 1.39 bits per heavy atom. The molecule has 0 aromatic carbocycles. The Labute approximate surface area is 131 Å². The van der Waals surface area contributed by atoms with E-state index in [0.29, 0.717) is 6.42 Å². The molecule has 1 heterocycles. The van der Waals surface area contributed by atoms with Crippen LogP contribution in [0.1, 0.15) is 12.8 Å². The first-order valence-corrected chi connectivity index (χ1v) is 6.83. The van der Waals surface area contributed by atoms with Crippen molar-refractivity contribution in [2.45, 2.75) is 37.2 Å². The highest BCUT2D eigenvalue weighted by molar-refractivity contribution is 6.37. The van der Waals surface area contributed by atoms with Crippen LogP contribution < -0.4 is 17.2 Å². The molecule has 11 heteroatoms. The molecule has 1 rings (SSSR count). The number of nitrogens with zero attached hydrogens (tertiary/aromatic N) is 1. The van der Waals surface area contributed by atoms with Crippen molar-refractivity contribution in [1.29, 1.82) is 0 Å². The first-order chi connectivity index (χ1) is 10.8. The minimum absolute atomic E-state index is 0.0887. The Hall–Kier alpha value is -2.24. The number of ether oxygens (including phenoxy) is 2. The van der Waals surface area contributed by atoms with Gasteiger partial charge in [-0.1, -0.05) is 0 Å². The maximum absolute atomic E-state index is 11.8. The standard InChI is InChI=1S/C12H20N4O7/c13-5(2-1-3-16-12(14)15)10(20)23-9-7(19)11(21)22-8(9)6(18)4-17/h5-6,8-9,17-18H,1-4,13H2,(H4,14,15,16)/t5-,6-,8+,9?/m0/s1. The smallest absolute Gasteiger partial charge is 0.379 e. The number of esters is 2. The third-order valence-electron chi connectivity index (χ3n) is 3.08. The van der Waals surface area contributed by atoms with Crippen LogP contribution >= 0.6 is 0 Å². The van der Waals surface area contributed by atoms with Gasteiger partial charge in [0.25, 0.3) is 5.78 Å². The minimum Gasteiger partial charge on any atom is -0.449 e. The number of aliphatic hydroxyl groups excluding tert-OH is 2. The Morgan fingerprint density at radius 3 is 2.61 bits per heavy atom.